The molecule has 7 nitrogen and oxygen atoms in total. The highest BCUT2D eigenvalue weighted by atomic mass is 32.2. The topological polar surface area (TPSA) is 109 Å². The van der Waals surface area contributed by atoms with Crippen LogP contribution >= 0.6 is 11.3 Å². The molecule has 0 saturated heterocycles. The van der Waals surface area contributed by atoms with Gasteiger partial charge in [0.2, 0.25) is 16.0 Å². The molecule has 2 aromatic rings. The van der Waals surface area contributed by atoms with E-state index >= 15 is 0 Å². The van der Waals surface area contributed by atoms with Crippen molar-refractivity contribution in [3.63, 3.8) is 0 Å². The predicted octanol–water partition coefficient (Wildman–Crippen LogP) is 3.16. The number of halogens is 1. The summed E-state index contributed by atoms with van der Waals surface area (Å²) in [5.41, 5.74) is 0.0937. The number of azo groups is 1. The van der Waals surface area contributed by atoms with Crippen LogP contribution in [0.3, 0.4) is 0 Å². The Kier molecular flexibility index (Phi) is 4.55. The van der Waals surface area contributed by atoms with E-state index in [0.717, 1.165) is 48.0 Å². The monoisotopic (exact) mass is 379 g/mol. The third kappa shape index (κ3) is 3.54. The number of ketones is 1. The smallest absolute Gasteiger partial charge is 0.218 e. The van der Waals surface area contributed by atoms with Crippen LogP contribution in [-0.4, -0.2) is 31.8 Å². The van der Waals surface area contributed by atoms with E-state index in [1.807, 2.05) is 0 Å². The van der Waals surface area contributed by atoms with Crippen LogP contribution in [0.5, 0.6) is 0 Å². The molecule has 0 amide bonds. The average molecular weight is 379 g/mol. The summed E-state index contributed by atoms with van der Waals surface area (Å²) in [5, 5.41) is 18.2. The first-order chi connectivity index (χ1) is 11.9. The molecule has 1 aromatic carbocycles. The minimum atomic E-state index is -3.85. The first kappa shape index (κ1) is 17.1. The summed E-state index contributed by atoms with van der Waals surface area (Å²) in [4.78, 5) is 15.8. The number of thiophene rings is 1. The standard InChI is InChI=1S/C15H10FN3O4S2/c16-10-1-3-11(4-2-10)25(22,23)14-5-9(7-24-14)12(20)6-13(21)15-17-8-18-19-15/h1-8,15,21H. The van der Waals surface area contributed by atoms with Crippen LogP contribution < -0.4 is 0 Å². The maximum Gasteiger partial charge on any atom is 0.218 e. The number of carbonyl (C=O) groups excluding carboxylic acids is 1. The lowest BCUT2D eigenvalue weighted by atomic mass is 10.2. The minimum Gasteiger partial charge on any atom is -0.508 e. The summed E-state index contributed by atoms with van der Waals surface area (Å²) in [6.07, 6.45) is 1.12. The number of allylic oxidation sites excluding steroid dienone is 1. The zero-order chi connectivity index (χ0) is 18.0. The van der Waals surface area contributed by atoms with Gasteiger partial charge in [0.1, 0.15) is 22.1 Å². The molecule has 1 atom stereocenters. The van der Waals surface area contributed by atoms with E-state index in [2.05, 4.69) is 15.2 Å². The summed E-state index contributed by atoms with van der Waals surface area (Å²) < 4.78 is 37.8. The first-order valence-electron chi connectivity index (χ1n) is 6.83. The third-order valence-corrected chi connectivity index (χ3v) is 6.44. The average Bonchev–Trinajstić information content (AvgIpc) is 3.27. The molecular weight excluding hydrogens is 369 g/mol. The molecule has 0 bridgehead atoms. The van der Waals surface area contributed by atoms with Gasteiger partial charge in [-0.25, -0.2) is 17.8 Å². The fraction of sp³-hybridized carbons (Fsp3) is 0.0667. The highest BCUT2D eigenvalue weighted by Crippen LogP contribution is 2.27. The highest BCUT2D eigenvalue weighted by molar-refractivity contribution is 7.93. The number of sulfone groups is 1. The molecule has 1 unspecified atom stereocenters. The van der Waals surface area contributed by atoms with E-state index in [9.17, 15) is 22.7 Å². The van der Waals surface area contributed by atoms with Gasteiger partial charge >= 0.3 is 0 Å². The lowest BCUT2D eigenvalue weighted by molar-refractivity contribution is 0.104. The van der Waals surface area contributed by atoms with E-state index in [4.69, 9.17) is 0 Å². The van der Waals surface area contributed by atoms with Gasteiger partial charge in [-0.05, 0) is 30.3 Å². The third-order valence-electron chi connectivity index (χ3n) is 3.23. The number of benzene rings is 1. The number of hydrogen-bond acceptors (Lipinski definition) is 8. The van der Waals surface area contributed by atoms with Crippen LogP contribution in [-0.2, 0) is 9.84 Å². The fourth-order valence-electron chi connectivity index (χ4n) is 1.96. The minimum absolute atomic E-state index is 0.0612. The molecule has 1 aliphatic rings. The molecule has 128 valence electrons. The van der Waals surface area contributed by atoms with E-state index < -0.39 is 33.4 Å². The Morgan fingerprint density at radius 2 is 2.00 bits per heavy atom. The molecule has 1 aromatic heterocycles. The normalized spacial score (nSPS) is 17.2. The molecule has 10 heteroatoms. The second-order valence-corrected chi connectivity index (χ2v) is 8.00. The second-order valence-electron chi connectivity index (χ2n) is 4.91. The number of hydrogen-bond donors (Lipinski definition) is 1. The van der Waals surface area contributed by atoms with Gasteiger partial charge in [0.25, 0.3) is 0 Å². The molecular formula is C15H10FN3O4S2. The quantitative estimate of drug-likeness (QED) is 0.372. The number of nitrogens with zero attached hydrogens (tertiary/aromatic N) is 3. The number of rotatable bonds is 5. The SMILES string of the molecule is O=C(C=C(O)C1N=CN=N1)c1csc(S(=O)(=O)c2ccc(F)cc2)c1. The van der Waals surface area contributed by atoms with Crippen LogP contribution in [0.15, 0.2) is 71.9 Å². The van der Waals surface area contributed by atoms with E-state index in [1.165, 1.54) is 11.4 Å². The van der Waals surface area contributed by atoms with Gasteiger partial charge < -0.3 is 5.11 Å². The summed E-state index contributed by atoms with van der Waals surface area (Å²) in [7, 11) is -3.85. The lowest BCUT2D eigenvalue weighted by Gasteiger charge is -2.01. The van der Waals surface area contributed by atoms with Gasteiger partial charge in [-0.15, -0.1) is 16.5 Å². The maximum atomic E-state index is 12.9. The molecule has 1 N–H and O–H groups in total. The molecule has 25 heavy (non-hydrogen) atoms. The Hall–Kier alpha value is -2.72. The van der Waals surface area contributed by atoms with Gasteiger partial charge in [-0.1, -0.05) is 0 Å². The number of carbonyl (C=O) groups is 1. The van der Waals surface area contributed by atoms with Crippen LogP contribution in [0.2, 0.25) is 0 Å². The van der Waals surface area contributed by atoms with Crippen molar-refractivity contribution in [2.24, 2.45) is 15.2 Å². The van der Waals surface area contributed by atoms with Crippen molar-refractivity contribution in [2.45, 2.75) is 15.3 Å². The molecule has 3 rings (SSSR count). The lowest BCUT2D eigenvalue weighted by Crippen LogP contribution is -2.05. The van der Waals surface area contributed by atoms with Crippen LogP contribution in [0.25, 0.3) is 0 Å². The maximum absolute atomic E-state index is 12.9. The number of aliphatic imine (C=N–C) groups is 1. The summed E-state index contributed by atoms with van der Waals surface area (Å²) in [6, 6.07) is 5.60. The van der Waals surface area contributed by atoms with Gasteiger partial charge in [-0.2, -0.15) is 5.11 Å². The van der Waals surface area contributed by atoms with Crippen molar-refractivity contribution in [1.29, 1.82) is 0 Å². The molecule has 0 saturated carbocycles. The Morgan fingerprint density at radius 3 is 2.64 bits per heavy atom. The molecule has 2 heterocycles. The zero-order valence-electron chi connectivity index (χ0n) is 12.4. The van der Waals surface area contributed by atoms with Crippen molar-refractivity contribution < 1.29 is 22.7 Å². The molecule has 0 aliphatic carbocycles. The van der Waals surface area contributed by atoms with Crippen LogP contribution in [0, 0.1) is 5.82 Å². The fourth-order valence-corrected chi connectivity index (χ4v) is 4.53. The molecule has 0 fully saturated rings. The van der Waals surface area contributed by atoms with Gasteiger partial charge in [0, 0.05) is 17.0 Å². The Balaban J connectivity index is 1.85. The summed E-state index contributed by atoms with van der Waals surface area (Å²) >= 11 is 0.858. The summed E-state index contributed by atoms with van der Waals surface area (Å²) in [5.74, 6) is -1.53. The van der Waals surface area contributed by atoms with Gasteiger partial charge in [-0.3, -0.25) is 4.79 Å². The first-order valence-corrected chi connectivity index (χ1v) is 9.20. The van der Waals surface area contributed by atoms with E-state index in [0.29, 0.717) is 0 Å². The Labute approximate surface area is 145 Å². The Morgan fingerprint density at radius 1 is 1.28 bits per heavy atom. The molecule has 0 spiro atoms. The van der Waals surface area contributed by atoms with Crippen molar-refractivity contribution in [3.05, 3.63) is 58.9 Å². The van der Waals surface area contributed by atoms with Gasteiger partial charge in [0.15, 0.2) is 5.78 Å². The highest BCUT2D eigenvalue weighted by Gasteiger charge is 2.22. The molecule has 1 aliphatic heterocycles. The Bertz CT molecular complexity index is 996. The van der Waals surface area contributed by atoms with Crippen LogP contribution in [0.4, 0.5) is 4.39 Å². The zero-order valence-corrected chi connectivity index (χ0v) is 14.0. The second kappa shape index (κ2) is 6.65. The summed E-state index contributed by atoms with van der Waals surface area (Å²) in [6.45, 7) is 0. The van der Waals surface area contributed by atoms with Gasteiger partial charge in [0.05, 0.1) is 4.90 Å². The van der Waals surface area contributed by atoms with Crippen molar-refractivity contribution in [2.75, 3.05) is 0 Å². The largest absolute Gasteiger partial charge is 0.508 e. The predicted molar refractivity (Wildman–Crippen MR) is 88.3 cm³/mol. The number of aliphatic hydroxyl groups excluding tert-OH is 1. The van der Waals surface area contributed by atoms with Crippen molar-refractivity contribution in [1.82, 2.24) is 0 Å². The van der Waals surface area contributed by atoms with E-state index in [-0.39, 0.29) is 14.7 Å². The molecule has 0 radical (unpaired) electrons. The van der Waals surface area contributed by atoms with E-state index in [1.54, 1.807) is 0 Å². The van der Waals surface area contributed by atoms with Crippen LogP contribution in [0.1, 0.15) is 10.4 Å². The van der Waals surface area contributed by atoms with Crippen molar-refractivity contribution >= 4 is 33.3 Å². The van der Waals surface area contributed by atoms with Crippen molar-refractivity contribution in [3.8, 4) is 0 Å². The number of aliphatic hydroxyl groups is 1.